The summed E-state index contributed by atoms with van der Waals surface area (Å²) < 4.78 is 5.81. The Morgan fingerprint density at radius 3 is 2.65 bits per heavy atom. The van der Waals surface area contributed by atoms with Gasteiger partial charge >= 0.3 is 0 Å². The molecule has 0 amide bonds. The summed E-state index contributed by atoms with van der Waals surface area (Å²) in [5, 5.41) is 3.64. The van der Waals surface area contributed by atoms with Gasteiger partial charge in [-0.05, 0) is 38.0 Å². The lowest BCUT2D eigenvalue weighted by molar-refractivity contribution is 0.0518. The zero-order chi connectivity index (χ0) is 12.7. The van der Waals surface area contributed by atoms with E-state index in [0.29, 0.717) is 6.10 Å². The second-order valence-corrected chi connectivity index (χ2v) is 6.23. The van der Waals surface area contributed by atoms with E-state index in [1.807, 2.05) is 0 Å². The summed E-state index contributed by atoms with van der Waals surface area (Å²) in [6.45, 7) is 10.9. The van der Waals surface area contributed by atoms with Crippen LogP contribution in [0, 0.1) is 11.8 Å². The second kappa shape index (κ2) is 8.10. The molecule has 17 heavy (non-hydrogen) atoms. The second-order valence-electron chi connectivity index (χ2n) is 6.23. The van der Waals surface area contributed by atoms with E-state index in [1.165, 1.54) is 32.1 Å². The summed E-state index contributed by atoms with van der Waals surface area (Å²) in [7, 11) is 0. The summed E-state index contributed by atoms with van der Waals surface area (Å²) in [5.74, 6) is 1.64. The largest absolute Gasteiger partial charge is 0.377 e. The van der Waals surface area contributed by atoms with Crippen molar-refractivity contribution < 1.29 is 4.74 Å². The van der Waals surface area contributed by atoms with E-state index in [1.54, 1.807) is 0 Å². The Hall–Kier alpha value is -0.0800. The van der Waals surface area contributed by atoms with Gasteiger partial charge in [0.05, 0.1) is 12.7 Å². The molecule has 0 aromatic heterocycles. The summed E-state index contributed by atoms with van der Waals surface area (Å²) in [6, 6.07) is 0.739. The molecule has 1 fully saturated rings. The van der Waals surface area contributed by atoms with Crippen LogP contribution in [0.3, 0.4) is 0 Å². The highest BCUT2D eigenvalue weighted by Crippen LogP contribution is 2.23. The molecule has 0 radical (unpaired) electrons. The monoisotopic (exact) mass is 241 g/mol. The van der Waals surface area contributed by atoms with Crippen molar-refractivity contribution in [1.29, 1.82) is 0 Å². The van der Waals surface area contributed by atoms with E-state index in [-0.39, 0.29) is 0 Å². The standard InChI is InChI=1S/C15H31NO/c1-12(2)10-14(4)17-9-8-16-15-7-5-6-13(3)11-15/h12-16H,5-11H2,1-4H3. The Balaban J connectivity index is 1.99. The maximum Gasteiger partial charge on any atom is 0.0594 e. The van der Waals surface area contributed by atoms with E-state index in [9.17, 15) is 0 Å². The van der Waals surface area contributed by atoms with Gasteiger partial charge in [-0.1, -0.05) is 33.6 Å². The highest BCUT2D eigenvalue weighted by atomic mass is 16.5. The van der Waals surface area contributed by atoms with E-state index < -0.39 is 0 Å². The zero-order valence-corrected chi connectivity index (χ0v) is 12.2. The first-order valence-corrected chi connectivity index (χ1v) is 7.43. The molecule has 1 N–H and O–H groups in total. The van der Waals surface area contributed by atoms with Crippen molar-refractivity contribution in [2.75, 3.05) is 13.2 Å². The maximum atomic E-state index is 5.81. The molecule has 0 heterocycles. The molecule has 2 heteroatoms. The fourth-order valence-electron chi connectivity index (χ4n) is 2.87. The fourth-order valence-corrected chi connectivity index (χ4v) is 2.87. The first-order valence-electron chi connectivity index (χ1n) is 7.43. The SMILES string of the molecule is CC(C)CC(C)OCCNC1CCCC(C)C1. The molecule has 3 atom stereocenters. The summed E-state index contributed by atoms with van der Waals surface area (Å²) in [6.07, 6.45) is 7.08. The molecule has 0 bridgehead atoms. The van der Waals surface area contributed by atoms with Crippen LogP contribution in [0.2, 0.25) is 0 Å². The van der Waals surface area contributed by atoms with Crippen LogP contribution in [0.4, 0.5) is 0 Å². The number of hydrogen-bond donors (Lipinski definition) is 1. The van der Waals surface area contributed by atoms with Gasteiger partial charge in [0.15, 0.2) is 0 Å². The molecule has 0 aliphatic heterocycles. The molecule has 3 unspecified atom stereocenters. The predicted molar refractivity (Wildman–Crippen MR) is 74.3 cm³/mol. The quantitative estimate of drug-likeness (QED) is 0.688. The molecule has 2 nitrogen and oxygen atoms in total. The smallest absolute Gasteiger partial charge is 0.0594 e. The van der Waals surface area contributed by atoms with Crippen molar-refractivity contribution in [2.24, 2.45) is 11.8 Å². The van der Waals surface area contributed by atoms with Crippen molar-refractivity contribution in [3.8, 4) is 0 Å². The molecule has 1 aliphatic carbocycles. The van der Waals surface area contributed by atoms with Crippen LogP contribution >= 0.6 is 0 Å². The highest BCUT2D eigenvalue weighted by Gasteiger charge is 2.17. The van der Waals surface area contributed by atoms with Gasteiger partial charge in [-0.2, -0.15) is 0 Å². The maximum absolute atomic E-state index is 5.81. The van der Waals surface area contributed by atoms with Crippen LogP contribution in [0.15, 0.2) is 0 Å². The predicted octanol–water partition coefficient (Wildman–Crippen LogP) is 3.61. The molecule has 1 rings (SSSR count). The Morgan fingerprint density at radius 1 is 1.24 bits per heavy atom. The molecule has 0 aromatic carbocycles. The van der Waals surface area contributed by atoms with Gasteiger partial charge in [-0.15, -0.1) is 0 Å². The highest BCUT2D eigenvalue weighted by molar-refractivity contribution is 4.75. The Labute approximate surface area is 108 Å². The lowest BCUT2D eigenvalue weighted by Crippen LogP contribution is -2.36. The average molecular weight is 241 g/mol. The van der Waals surface area contributed by atoms with Crippen LogP contribution < -0.4 is 5.32 Å². The van der Waals surface area contributed by atoms with Crippen molar-refractivity contribution >= 4 is 0 Å². The van der Waals surface area contributed by atoms with Crippen LogP contribution in [-0.2, 0) is 4.74 Å². The zero-order valence-electron chi connectivity index (χ0n) is 12.2. The molecule has 102 valence electrons. The molecule has 1 aliphatic rings. The van der Waals surface area contributed by atoms with Crippen LogP contribution in [-0.4, -0.2) is 25.3 Å². The van der Waals surface area contributed by atoms with Gasteiger partial charge in [0.25, 0.3) is 0 Å². The first kappa shape index (κ1) is 15.0. The van der Waals surface area contributed by atoms with Gasteiger partial charge in [-0.25, -0.2) is 0 Å². The van der Waals surface area contributed by atoms with E-state index in [2.05, 4.69) is 33.0 Å². The number of rotatable bonds is 7. The van der Waals surface area contributed by atoms with Crippen molar-refractivity contribution in [1.82, 2.24) is 5.32 Å². The van der Waals surface area contributed by atoms with E-state index in [4.69, 9.17) is 4.74 Å². The molecule has 0 spiro atoms. The van der Waals surface area contributed by atoms with Gasteiger partial charge < -0.3 is 10.1 Å². The minimum Gasteiger partial charge on any atom is -0.377 e. The lowest BCUT2D eigenvalue weighted by Gasteiger charge is -2.27. The van der Waals surface area contributed by atoms with Gasteiger partial charge in [-0.3, -0.25) is 0 Å². The van der Waals surface area contributed by atoms with Gasteiger partial charge in [0, 0.05) is 12.6 Å². The molecule has 0 saturated heterocycles. The molecular formula is C15H31NO. The normalized spacial score (nSPS) is 27.4. The Bertz CT molecular complexity index is 193. The number of nitrogens with one attached hydrogen (secondary N) is 1. The molecular weight excluding hydrogens is 210 g/mol. The van der Waals surface area contributed by atoms with Crippen molar-refractivity contribution in [3.05, 3.63) is 0 Å². The van der Waals surface area contributed by atoms with E-state index >= 15 is 0 Å². The molecule has 1 saturated carbocycles. The Kier molecular flexibility index (Phi) is 7.14. The van der Waals surface area contributed by atoms with Crippen LogP contribution in [0.1, 0.15) is 59.8 Å². The molecule has 0 aromatic rings. The van der Waals surface area contributed by atoms with Crippen molar-refractivity contribution in [2.45, 2.75) is 71.9 Å². The average Bonchev–Trinajstić information content (AvgIpc) is 2.23. The minimum absolute atomic E-state index is 0.405. The number of ether oxygens (including phenoxy) is 1. The lowest BCUT2D eigenvalue weighted by atomic mass is 9.87. The van der Waals surface area contributed by atoms with Gasteiger partial charge in [0.1, 0.15) is 0 Å². The third-order valence-corrected chi connectivity index (χ3v) is 3.68. The number of hydrogen-bond acceptors (Lipinski definition) is 2. The minimum atomic E-state index is 0.405. The summed E-state index contributed by atoms with van der Waals surface area (Å²) in [5.41, 5.74) is 0. The topological polar surface area (TPSA) is 21.3 Å². The third kappa shape index (κ3) is 7.05. The third-order valence-electron chi connectivity index (χ3n) is 3.68. The summed E-state index contributed by atoms with van der Waals surface area (Å²) in [4.78, 5) is 0. The van der Waals surface area contributed by atoms with E-state index in [0.717, 1.165) is 31.0 Å². The van der Waals surface area contributed by atoms with Crippen LogP contribution in [0.5, 0.6) is 0 Å². The van der Waals surface area contributed by atoms with Gasteiger partial charge in [0.2, 0.25) is 0 Å². The Morgan fingerprint density at radius 2 is 2.00 bits per heavy atom. The first-order chi connectivity index (χ1) is 8.08. The fraction of sp³-hybridized carbons (Fsp3) is 1.00. The van der Waals surface area contributed by atoms with Crippen LogP contribution in [0.25, 0.3) is 0 Å². The summed E-state index contributed by atoms with van der Waals surface area (Å²) >= 11 is 0. The van der Waals surface area contributed by atoms with Crippen molar-refractivity contribution in [3.63, 3.8) is 0 Å².